The van der Waals surface area contributed by atoms with Gasteiger partial charge in [0, 0.05) is 12.6 Å². The molecule has 0 saturated carbocycles. The maximum Gasteiger partial charge on any atom is 0.228 e. The second-order valence-corrected chi connectivity index (χ2v) is 5.18. The van der Waals surface area contributed by atoms with Crippen molar-refractivity contribution < 1.29 is 9.53 Å². The summed E-state index contributed by atoms with van der Waals surface area (Å²) in [7, 11) is 0. The fraction of sp³-hybridized carbons (Fsp3) is 0.923. The minimum atomic E-state index is 0.0971. The van der Waals surface area contributed by atoms with E-state index < -0.39 is 0 Å². The molecular formula is C13H24N2O2. The second kappa shape index (κ2) is 5.83. The number of piperidine rings is 1. The van der Waals surface area contributed by atoms with Crippen molar-refractivity contribution in [2.24, 2.45) is 5.92 Å². The standard InChI is InChI=1S/C13H24N2O2/c1-3-15(12-4-6-14-7-5-12)13(16)11-8-10(2)17-9-11/h10-12,14H,3-9H2,1-2H3. The van der Waals surface area contributed by atoms with E-state index in [2.05, 4.69) is 17.1 Å². The van der Waals surface area contributed by atoms with Gasteiger partial charge in [-0.3, -0.25) is 4.79 Å². The van der Waals surface area contributed by atoms with E-state index in [0.29, 0.717) is 18.6 Å². The highest BCUT2D eigenvalue weighted by molar-refractivity contribution is 5.79. The van der Waals surface area contributed by atoms with Gasteiger partial charge in [-0.05, 0) is 46.2 Å². The average molecular weight is 240 g/mol. The van der Waals surface area contributed by atoms with Crippen molar-refractivity contribution in [1.82, 2.24) is 10.2 Å². The average Bonchev–Trinajstić information content (AvgIpc) is 2.78. The zero-order chi connectivity index (χ0) is 12.3. The number of carbonyl (C=O) groups excluding carboxylic acids is 1. The van der Waals surface area contributed by atoms with Crippen LogP contribution in [0, 0.1) is 5.92 Å². The molecule has 2 aliphatic heterocycles. The second-order valence-electron chi connectivity index (χ2n) is 5.18. The Labute approximate surface area is 104 Å². The first-order valence-corrected chi connectivity index (χ1v) is 6.85. The molecular weight excluding hydrogens is 216 g/mol. The molecule has 0 bridgehead atoms. The Hall–Kier alpha value is -0.610. The fourth-order valence-electron chi connectivity index (χ4n) is 2.94. The van der Waals surface area contributed by atoms with E-state index >= 15 is 0 Å². The number of hydrogen-bond donors (Lipinski definition) is 1. The molecule has 0 aliphatic carbocycles. The third kappa shape index (κ3) is 2.99. The number of carbonyl (C=O) groups is 1. The van der Waals surface area contributed by atoms with Gasteiger partial charge in [0.25, 0.3) is 0 Å². The van der Waals surface area contributed by atoms with Gasteiger partial charge in [-0.1, -0.05) is 0 Å². The predicted molar refractivity (Wildman–Crippen MR) is 66.8 cm³/mol. The molecule has 0 aromatic carbocycles. The topological polar surface area (TPSA) is 41.6 Å². The third-order valence-electron chi connectivity index (χ3n) is 3.92. The number of nitrogens with zero attached hydrogens (tertiary/aromatic N) is 1. The zero-order valence-electron chi connectivity index (χ0n) is 10.9. The Morgan fingerprint density at radius 3 is 2.65 bits per heavy atom. The van der Waals surface area contributed by atoms with E-state index in [0.717, 1.165) is 38.9 Å². The molecule has 4 nitrogen and oxygen atoms in total. The Balaban J connectivity index is 1.94. The van der Waals surface area contributed by atoms with Crippen molar-refractivity contribution in [3.05, 3.63) is 0 Å². The highest BCUT2D eigenvalue weighted by atomic mass is 16.5. The fourth-order valence-corrected chi connectivity index (χ4v) is 2.94. The number of ether oxygens (including phenoxy) is 1. The maximum atomic E-state index is 12.4. The third-order valence-corrected chi connectivity index (χ3v) is 3.92. The van der Waals surface area contributed by atoms with Crippen LogP contribution in [0.3, 0.4) is 0 Å². The quantitative estimate of drug-likeness (QED) is 0.800. The first-order valence-electron chi connectivity index (χ1n) is 6.85. The zero-order valence-corrected chi connectivity index (χ0v) is 10.9. The molecule has 2 atom stereocenters. The van der Waals surface area contributed by atoms with E-state index in [1.54, 1.807) is 0 Å². The molecule has 0 aromatic heterocycles. The van der Waals surface area contributed by atoms with Gasteiger partial charge < -0.3 is 15.0 Å². The first kappa shape index (κ1) is 12.8. The maximum absolute atomic E-state index is 12.4. The minimum absolute atomic E-state index is 0.0971. The summed E-state index contributed by atoms with van der Waals surface area (Å²) in [5.74, 6) is 0.406. The SMILES string of the molecule is CCN(C(=O)C1COC(C)C1)C1CCNCC1. The lowest BCUT2D eigenvalue weighted by Gasteiger charge is -2.35. The monoisotopic (exact) mass is 240 g/mol. The molecule has 1 amide bonds. The molecule has 2 heterocycles. The van der Waals surface area contributed by atoms with Crippen molar-refractivity contribution in [2.45, 2.75) is 45.3 Å². The highest BCUT2D eigenvalue weighted by Gasteiger charge is 2.34. The van der Waals surface area contributed by atoms with Crippen LogP contribution in [0.2, 0.25) is 0 Å². The first-order chi connectivity index (χ1) is 8.22. The van der Waals surface area contributed by atoms with Crippen LogP contribution in [-0.2, 0) is 9.53 Å². The molecule has 2 fully saturated rings. The molecule has 0 aromatic rings. The van der Waals surface area contributed by atoms with E-state index in [9.17, 15) is 4.79 Å². The van der Waals surface area contributed by atoms with E-state index in [1.807, 2.05) is 6.92 Å². The molecule has 2 aliphatic rings. The predicted octanol–water partition coefficient (Wildman–Crippen LogP) is 1.01. The summed E-state index contributed by atoms with van der Waals surface area (Å²) in [4.78, 5) is 14.5. The molecule has 1 N–H and O–H groups in total. The Morgan fingerprint density at radius 2 is 2.12 bits per heavy atom. The lowest BCUT2D eigenvalue weighted by atomic mass is 10.00. The smallest absolute Gasteiger partial charge is 0.228 e. The Kier molecular flexibility index (Phi) is 4.40. The summed E-state index contributed by atoms with van der Waals surface area (Å²) in [5, 5.41) is 3.35. The largest absolute Gasteiger partial charge is 0.378 e. The van der Waals surface area contributed by atoms with Gasteiger partial charge in [-0.2, -0.15) is 0 Å². The summed E-state index contributed by atoms with van der Waals surface area (Å²) in [6, 6.07) is 0.435. The molecule has 0 spiro atoms. The summed E-state index contributed by atoms with van der Waals surface area (Å²) in [6.07, 6.45) is 3.31. The summed E-state index contributed by atoms with van der Waals surface area (Å²) >= 11 is 0. The molecule has 2 unspecified atom stereocenters. The van der Waals surface area contributed by atoms with Gasteiger partial charge in [-0.15, -0.1) is 0 Å². The van der Waals surface area contributed by atoms with Crippen LogP contribution < -0.4 is 5.32 Å². The molecule has 0 radical (unpaired) electrons. The van der Waals surface area contributed by atoms with Crippen LogP contribution in [0.25, 0.3) is 0 Å². The van der Waals surface area contributed by atoms with Crippen LogP contribution >= 0.6 is 0 Å². The molecule has 17 heavy (non-hydrogen) atoms. The van der Waals surface area contributed by atoms with Crippen LogP contribution in [0.15, 0.2) is 0 Å². The number of amides is 1. The van der Waals surface area contributed by atoms with Crippen molar-refractivity contribution in [3.63, 3.8) is 0 Å². The minimum Gasteiger partial charge on any atom is -0.378 e. The normalized spacial score (nSPS) is 30.5. The summed E-state index contributed by atoms with van der Waals surface area (Å²) < 4.78 is 5.51. The van der Waals surface area contributed by atoms with Crippen molar-refractivity contribution in [1.29, 1.82) is 0 Å². The lowest BCUT2D eigenvalue weighted by molar-refractivity contribution is -0.138. The van der Waals surface area contributed by atoms with E-state index in [1.165, 1.54) is 0 Å². The highest BCUT2D eigenvalue weighted by Crippen LogP contribution is 2.23. The Morgan fingerprint density at radius 1 is 1.41 bits per heavy atom. The number of nitrogens with one attached hydrogen (secondary N) is 1. The van der Waals surface area contributed by atoms with Crippen molar-refractivity contribution >= 4 is 5.91 Å². The number of hydrogen-bond acceptors (Lipinski definition) is 3. The molecule has 2 rings (SSSR count). The van der Waals surface area contributed by atoms with Crippen molar-refractivity contribution in [2.75, 3.05) is 26.2 Å². The van der Waals surface area contributed by atoms with Crippen LogP contribution in [-0.4, -0.2) is 49.2 Å². The van der Waals surface area contributed by atoms with Gasteiger partial charge in [0.05, 0.1) is 18.6 Å². The van der Waals surface area contributed by atoms with Crippen LogP contribution in [0.1, 0.15) is 33.1 Å². The lowest BCUT2D eigenvalue weighted by Crippen LogP contribution is -2.48. The molecule has 4 heteroatoms. The van der Waals surface area contributed by atoms with E-state index in [4.69, 9.17) is 4.74 Å². The summed E-state index contributed by atoms with van der Waals surface area (Å²) in [5.41, 5.74) is 0. The van der Waals surface area contributed by atoms with Crippen LogP contribution in [0.5, 0.6) is 0 Å². The van der Waals surface area contributed by atoms with Crippen LogP contribution in [0.4, 0.5) is 0 Å². The van der Waals surface area contributed by atoms with Crippen molar-refractivity contribution in [3.8, 4) is 0 Å². The Bertz CT molecular complexity index is 264. The molecule has 2 saturated heterocycles. The van der Waals surface area contributed by atoms with Gasteiger partial charge in [0.1, 0.15) is 0 Å². The van der Waals surface area contributed by atoms with E-state index in [-0.39, 0.29) is 12.0 Å². The van der Waals surface area contributed by atoms with Gasteiger partial charge >= 0.3 is 0 Å². The van der Waals surface area contributed by atoms with Gasteiger partial charge in [0.15, 0.2) is 0 Å². The summed E-state index contributed by atoms with van der Waals surface area (Å²) in [6.45, 7) is 7.64. The van der Waals surface area contributed by atoms with Gasteiger partial charge in [-0.25, -0.2) is 0 Å². The molecule has 98 valence electrons. The van der Waals surface area contributed by atoms with Gasteiger partial charge in [0.2, 0.25) is 5.91 Å². The number of rotatable bonds is 3.